The molecule has 0 amide bonds. The highest BCUT2D eigenvalue weighted by atomic mass is 35.5. The van der Waals surface area contributed by atoms with Crippen LogP contribution >= 0.6 is 11.6 Å². The Balaban J connectivity index is 1.86. The maximum absolute atomic E-state index is 13.9. The molecule has 0 aliphatic carbocycles. The minimum Gasteiger partial charge on any atom is -0.299 e. The van der Waals surface area contributed by atoms with Crippen molar-refractivity contribution in [2.24, 2.45) is 0 Å². The number of hydrogen-bond acceptors (Lipinski definition) is 3. The van der Waals surface area contributed by atoms with Crippen molar-refractivity contribution >= 4 is 21.6 Å². The van der Waals surface area contributed by atoms with Gasteiger partial charge in [0, 0.05) is 31.2 Å². The average molecular weight is 349 g/mol. The molecule has 1 aromatic carbocycles. The van der Waals surface area contributed by atoms with Gasteiger partial charge in [-0.15, -0.1) is 0 Å². The van der Waals surface area contributed by atoms with E-state index in [9.17, 15) is 12.8 Å². The molecule has 0 spiro atoms. The van der Waals surface area contributed by atoms with Crippen LogP contribution in [0.2, 0.25) is 5.02 Å². The van der Waals surface area contributed by atoms with Crippen molar-refractivity contribution in [3.8, 4) is 0 Å². The summed E-state index contributed by atoms with van der Waals surface area (Å²) in [6.07, 6.45) is 2.10. The third-order valence-electron chi connectivity index (χ3n) is 3.83. The van der Waals surface area contributed by atoms with Crippen molar-refractivity contribution < 1.29 is 12.8 Å². The standard InChI is InChI=1S/C15H22ClFN2O2S/c1-2-10-22(20,21)18-13-6-8-19(9-7-13)11-12-4-3-5-14(16)15(12)17/h3-5,13,18H,2,6-11H2,1H3. The molecular weight excluding hydrogens is 327 g/mol. The van der Waals surface area contributed by atoms with Gasteiger partial charge in [-0.05, 0) is 25.3 Å². The van der Waals surface area contributed by atoms with E-state index >= 15 is 0 Å². The molecule has 0 atom stereocenters. The highest BCUT2D eigenvalue weighted by molar-refractivity contribution is 7.89. The van der Waals surface area contributed by atoms with Gasteiger partial charge in [-0.1, -0.05) is 30.7 Å². The fourth-order valence-corrected chi connectivity index (χ4v) is 4.29. The van der Waals surface area contributed by atoms with E-state index in [-0.39, 0.29) is 22.6 Å². The van der Waals surface area contributed by atoms with Gasteiger partial charge in [-0.3, -0.25) is 4.90 Å². The summed E-state index contributed by atoms with van der Waals surface area (Å²) in [5, 5.41) is 0.139. The number of nitrogens with one attached hydrogen (secondary N) is 1. The van der Waals surface area contributed by atoms with Crippen LogP contribution in [0.3, 0.4) is 0 Å². The maximum Gasteiger partial charge on any atom is 0.211 e. The van der Waals surface area contributed by atoms with Crippen LogP contribution in [-0.2, 0) is 16.6 Å². The van der Waals surface area contributed by atoms with Gasteiger partial charge >= 0.3 is 0 Å². The molecule has 4 nitrogen and oxygen atoms in total. The van der Waals surface area contributed by atoms with E-state index < -0.39 is 10.0 Å². The number of rotatable bonds is 6. The Labute approximate surface area is 136 Å². The summed E-state index contributed by atoms with van der Waals surface area (Å²) in [7, 11) is -3.17. The zero-order chi connectivity index (χ0) is 16.2. The first kappa shape index (κ1) is 17.7. The molecule has 2 rings (SSSR count). The normalized spacial score (nSPS) is 17.8. The number of hydrogen-bond donors (Lipinski definition) is 1. The highest BCUT2D eigenvalue weighted by Crippen LogP contribution is 2.21. The zero-order valence-electron chi connectivity index (χ0n) is 12.7. The Morgan fingerprint density at radius 3 is 2.68 bits per heavy atom. The number of halogens is 2. The monoisotopic (exact) mass is 348 g/mol. The number of nitrogens with zero attached hydrogens (tertiary/aromatic N) is 1. The highest BCUT2D eigenvalue weighted by Gasteiger charge is 2.23. The molecule has 1 fully saturated rings. The van der Waals surface area contributed by atoms with Gasteiger partial charge in [-0.2, -0.15) is 0 Å². The van der Waals surface area contributed by atoms with Crippen LogP contribution in [0, 0.1) is 5.82 Å². The Morgan fingerprint density at radius 2 is 2.05 bits per heavy atom. The summed E-state index contributed by atoms with van der Waals surface area (Å²) in [5.41, 5.74) is 0.581. The Morgan fingerprint density at radius 1 is 1.36 bits per heavy atom. The molecule has 1 aliphatic rings. The third-order valence-corrected chi connectivity index (χ3v) is 5.76. The molecule has 1 N–H and O–H groups in total. The Kier molecular flexibility index (Phi) is 6.20. The molecule has 124 valence electrons. The summed E-state index contributed by atoms with van der Waals surface area (Å²) >= 11 is 5.79. The van der Waals surface area contributed by atoms with Crippen molar-refractivity contribution in [3.05, 3.63) is 34.6 Å². The first-order valence-electron chi connectivity index (χ1n) is 7.56. The third kappa shape index (κ3) is 4.91. The summed E-state index contributed by atoms with van der Waals surface area (Å²) < 4.78 is 40.2. The molecule has 1 aliphatic heterocycles. The molecule has 7 heteroatoms. The molecule has 0 bridgehead atoms. The minimum atomic E-state index is -3.17. The van der Waals surface area contributed by atoms with Crippen LogP contribution < -0.4 is 4.72 Å². The van der Waals surface area contributed by atoms with Crippen LogP contribution in [0.4, 0.5) is 4.39 Å². The fraction of sp³-hybridized carbons (Fsp3) is 0.600. The molecule has 1 heterocycles. The number of likely N-dealkylation sites (tertiary alicyclic amines) is 1. The lowest BCUT2D eigenvalue weighted by Crippen LogP contribution is -2.44. The van der Waals surface area contributed by atoms with Crippen LogP contribution in [0.25, 0.3) is 0 Å². The van der Waals surface area contributed by atoms with Crippen molar-refractivity contribution in [3.63, 3.8) is 0 Å². The van der Waals surface area contributed by atoms with E-state index in [1.54, 1.807) is 12.1 Å². The first-order chi connectivity index (χ1) is 10.4. The van der Waals surface area contributed by atoms with E-state index in [0.29, 0.717) is 18.5 Å². The summed E-state index contributed by atoms with van der Waals surface area (Å²) in [6, 6.07) is 5.00. The van der Waals surface area contributed by atoms with Crippen LogP contribution in [-0.4, -0.2) is 38.2 Å². The zero-order valence-corrected chi connectivity index (χ0v) is 14.3. The molecule has 0 radical (unpaired) electrons. The van der Waals surface area contributed by atoms with Gasteiger partial charge < -0.3 is 0 Å². The topological polar surface area (TPSA) is 49.4 Å². The summed E-state index contributed by atoms with van der Waals surface area (Å²) in [5.74, 6) is -0.198. The first-order valence-corrected chi connectivity index (χ1v) is 9.59. The van der Waals surface area contributed by atoms with Crippen molar-refractivity contribution in [1.82, 2.24) is 9.62 Å². The van der Waals surface area contributed by atoms with Crippen molar-refractivity contribution in [2.45, 2.75) is 38.8 Å². The van der Waals surface area contributed by atoms with Gasteiger partial charge in [0.25, 0.3) is 0 Å². The van der Waals surface area contributed by atoms with Crippen LogP contribution in [0.1, 0.15) is 31.7 Å². The molecule has 1 saturated heterocycles. The fourth-order valence-electron chi connectivity index (χ4n) is 2.70. The number of piperidine rings is 1. The van der Waals surface area contributed by atoms with Gasteiger partial charge in [0.1, 0.15) is 5.82 Å². The summed E-state index contributed by atoms with van der Waals surface area (Å²) in [4.78, 5) is 2.12. The minimum absolute atomic E-state index is 0.0167. The smallest absolute Gasteiger partial charge is 0.211 e. The Hall–Kier alpha value is -0.690. The lowest BCUT2D eigenvalue weighted by molar-refractivity contribution is 0.198. The predicted molar refractivity (Wildman–Crippen MR) is 86.9 cm³/mol. The number of benzene rings is 1. The molecule has 0 saturated carbocycles. The largest absolute Gasteiger partial charge is 0.299 e. The predicted octanol–water partition coefficient (Wildman–Crippen LogP) is 2.77. The van der Waals surface area contributed by atoms with Crippen LogP contribution in [0.15, 0.2) is 18.2 Å². The van der Waals surface area contributed by atoms with E-state index in [2.05, 4.69) is 9.62 Å². The quantitative estimate of drug-likeness (QED) is 0.860. The number of sulfonamides is 1. The lowest BCUT2D eigenvalue weighted by Gasteiger charge is -2.32. The molecule has 0 aromatic heterocycles. The van der Waals surface area contributed by atoms with Crippen molar-refractivity contribution in [1.29, 1.82) is 0 Å². The average Bonchev–Trinajstić information content (AvgIpc) is 2.45. The summed E-state index contributed by atoms with van der Waals surface area (Å²) in [6.45, 7) is 3.83. The maximum atomic E-state index is 13.9. The molecule has 22 heavy (non-hydrogen) atoms. The molecule has 0 unspecified atom stereocenters. The SMILES string of the molecule is CCCS(=O)(=O)NC1CCN(Cc2cccc(Cl)c2F)CC1. The molecular formula is C15H22ClFN2O2S. The van der Waals surface area contributed by atoms with Gasteiger partial charge in [0.15, 0.2) is 0 Å². The Bertz CT molecular complexity index is 602. The van der Waals surface area contributed by atoms with Crippen LogP contribution in [0.5, 0.6) is 0 Å². The van der Waals surface area contributed by atoms with Gasteiger partial charge in [-0.25, -0.2) is 17.5 Å². The van der Waals surface area contributed by atoms with E-state index in [1.807, 2.05) is 6.92 Å². The van der Waals surface area contributed by atoms with Crippen molar-refractivity contribution in [2.75, 3.05) is 18.8 Å². The van der Waals surface area contributed by atoms with E-state index in [0.717, 1.165) is 25.9 Å². The second-order valence-corrected chi connectivity index (χ2v) is 7.98. The molecule has 1 aromatic rings. The van der Waals surface area contributed by atoms with E-state index in [1.165, 1.54) is 6.07 Å². The lowest BCUT2D eigenvalue weighted by atomic mass is 10.1. The van der Waals surface area contributed by atoms with E-state index in [4.69, 9.17) is 11.6 Å². The van der Waals surface area contributed by atoms with Gasteiger partial charge in [0.05, 0.1) is 10.8 Å². The second-order valence-electron chi connectivity index (χ2n) is 5.70. The second kappa shape index (κ2) is 7.73. The van der Waals surface area contributed by atoms with Gasteiger partial charge in [0.2, 0.25) is 10.0 Å².